The van der Waals surface area contributed by atoms with Gasteiger partial charge in [0.25, 0.3) is 0 Å². The lowest BCUT2D eigenvalue weighted by atomic mass is 10.2. The average Bonchev–Trinajstić information content (AvgIpc) is 2.60. The number of amides is 1. The molecule has 10 heteroatoms. The van der Waals surface area contributed by atoms with Crippen molar-refractivity contribution < 1.29 is 13.2 Å². The quantitative estimate of drug-likeness (QED) is 0.734. The van der Waals surface area contributed by atoms with Crippen molar-refractivity contribution in [1.29, 1.82) is 5.26 Å². The Labute approximate surface area is 161 Å². The summed E-state index contributed by atoms with van der Waals surface area (Å²) in [7, 11) is -0.662. The molecule has 2 rings (SSSR count). The minimum absolute atomic E-state index is 0.0458. The van der Waals surface area contributed by atoms with Crippen molar-refractivity contribution in [3.8, 4) is 6.07 Å². The van der Waals surface area contributed by atoms with E-state index in [-0.39, 0.29) is 16.6 Å². The molecule has 26 heavy (non-hydrogen) atoms. The Morgan fingerprint density at radius 1 is 1.35 bits per heavy atom. The summed E-state index contributed by atoms with van der Waals surface area (Å²) >= 11 is 7.02. The first-order valence-corrected chi connectivity index (χ1v) is 10.1. The molecule has 0 aliphatic rings. The van der Waals surface area contributed by atoms with E-state index in [1.54, 1.807) is 6.07 Å². The van der Waals surface area contributed by atoms with Crippen molar-refractivity contribution in [2.45, 2.75) is 9.92 Å². The summed E-state index contributed by atoms with van der Waals surface area (Å²) in [4.78, 5) is 16.2. The Balaban J connectivity index is 2.00. The molecule has 0 saturated carbocycles. The molecule has 1 aromatic carbocycles. The fourth-order valence-electron chi connectivity index (χ4n) is 1.86. The number of carbonyl (C=O) groups is 1. The molecule has 1 amide bonds. The minimum atomic E-state index is -3.54. The Kier molecular flexibility index (Phi) is 6.61. The van der Waals surface area contributed by atoms with E-state index >= 15 is 0 Å². The molecule has 0 fully saturated rings. The van der Waals surface area contributed by atoms with Crippen molar-refractivity contribution in [2.24, 2.45) is 0 Å². The monoisotopic (exact) mass is 410 g/mol. The van der Waals surface area contributed by atoms with Gasteiger partial charge in [-0.25, -0.2) is 17.7 Å². The van der Waals surface area contributed by atoms with Gasteiger partial charge in [0.05, 0.1) is 22.0 Å². The zero-order chi connectivity index (χ0) is 19.3. The molecule has 0 aliphatic heterocycles. The number of nitrogens with zero attached hydrogens (tertiary/aromatic N) is 3. The molecule has 0 atom stereocenters. The molecular formula is C16H15ClN4O3S2. The number of anilines is 1. The van der Waals surface area contributed by atoms with E-state index in [1.165, 1.54) is 44.6 Å². The van der Waals surface area contributed by atoms with Crippen LogP contribution >= 0.6 is 23.4 Å². The topological polar surface area (TPSA) is 103 Å². The van der Waals surface area contributed by atoms with E-state index in [0.717, 1.165) is 16.1 Å². The van der Waals surface area contributed by atoms with Crippen LogP contribution in [0.1, 0.15) is 5.56 Å². The van der Waals surface area contributed by atoms with Crippen LogP contribution in [0.15, 0.2) is 46.5 Å². The second kappa shape index (κ2) is 8.51. The largest absolute Gasteiger partial charge is 0.324 e. The maximum atomic E-state index is 12.1. The molecule has 0 bridgehead atoms. The number of carbonyl (C=O) groups excluding carboxylic acids is 1. The second-order valence-electron chi connectivity index (χ2n) is 5.26. The van der Waals surface area contributed by atoms with Gasteiger partial charge in [0.15, 0.2) is 0 Å². The lowest BCUT2D eigenvalue weighted by Crippen LogP contribution is -2.22. The first-order chi connectivity index (χ1) is 12.2. The lowest BCUT2D eigenvalue weighted by Gasteiger charge is -2.11. The van der Waals surface area contributed by atoms with E-state index < -0.39 is 10.0 Å². The summed E-state index contributed by atoms with van der Waals surface area (Å²) in [6.07, 6.45) is 1.25. The van der Waals surface area contributed by atoms with Crippen LogP contribution in [0, 0.1) is 11.3 Å². The van der Waals surface area contributed by atoms with Gasteiger partial charge in [-0.3, -0.25) is 4.79 Å². The third-order valence-corrected chi connectivity index (χ3v) is 6.19. The highest BCUT2D eigenvalue weighted by Crippen LogP contribution is 2.22. The number of nitriles is 1. The van der Waals surface area contributed by atoms with E-state index in [2.05, 4.69) is 10.3 Å². The first kappa shape index (κ1) is 20.2. The van der Waals surface area contributed by atoms with Crippen molar-refractivity contribution >= 4 is 45.0 Å². The first-order valence-electron chi connectivity index (χ1n) is 7.25. The summed E-state index contributed by atoms with van der Waals surface area (Å²) < 4.78 is 25.1. The minimum Gasteiger partial charge on any atom is -0.324 e. The fraction of sp³-hybridized carbons (Fsp3) is 0.188. The normalized spacial score (nSPS) is 11.2. The number of rotatable bonds is 6. The Morgan fingerprint density at radius 2 is 2.08 bits per heavy atom. The molecule has 136 valence electrons. The van der Waals surface area contributed by atoms with Crippen LogP contribution < -0.4 is 5.32 Å². The van der Waals surface area contributed by atoms with Crippen molar-refractivity contribution in [1.82, 2.24) is 9.29 Å². The summed E-state index contributed by atoms with van der Waals surface area (Å²) in [5, 5.41) is 12.6. The molecule has 7 nitrogen and oxygen atoms in total. The van der Waals surface area contributed by atoms with Crippen LogP contribution in [-0.2, 0) is 14.8 Å². The van der Waals surface area contributed by atoms with E-state index in [1.807, 2.05) is 6.07 Å². The van der Waals surface area contributed by atoms with Crippen molar-refractivity contribution in [3.63, 3.8) is 0 Å². The molecule has 1 aromatic heterocycles. The summed E-state index contributed by atoms with van der Waals surface area (Å²) in [5.41, 5.74) is 0.648. The Hall–Kier alpha value is -2.12. The number of sulfonamides is 1. The number of pyridine rings is 1. The number of aromatic nitrogens is 1. The second-order valence-corrected chi connectivity index (χ2v) is 8.84. The van der Waals surface area contributed by atoms with Gasteiger partial charge in [-0.1, -0.05) is 23.4 Å². The number of halogens is 1. The fourth-order valence-corrected chi connectivity index (χ4v) is 3.52. The summed E-state index contributed by atoms with van der Waals surface area (Å²) in [5.74, 6) is -0.287. The smallest absolute Gasteiger partial charge is 0.244 e. The van der Waals surface area contributed by atoms with Gasteiger partial charge in [0.1, 0.15) is 11.0 Å². The number of hydrogen-bond acceptors (Lipinski definition) is 6. The molecule has 0 saturated heterocycles. The SMILES string of the molecule is CN(C)S(=O)(=O)c1ccc(SCC(=O)Nc2cc(Cl)ccc2C#N)nc1. The van der Waals surface area contributed by atoms with Gasteiger partial charge in [-0.05, 0) is 30.3 Å². The molecule has 2 aromatic rings. The Bertz CT molecular complexity index is 954. The maximum Gasteiger partial charge on any atom is 0.244 e. The average molecular weight is 411 g/mol. The van der Waals surface area contributed by atoms with Gasteiger partial charge in [0, 0.05) is 25.3 Å². The predicted octanol–water partition coefficient (Wildman–Crippen LogP) is 2.59. The predicted molar refractivity (Wildman–Crippen MR) is 101 cm³/mol. The molecule has 0 aliphatic carbocycles. The molecule has 1 N–H and O–H groups in total. The maximum absolute atomic E-state index is 12.1. The highest BCUT2D eigenvalue weighted by Gasteiger charge is 2.17. The van der Waals surface area contributed by atoms with Gasteiger partial charge in [-0.15, -0.1) is 0 Å². The third-order valence-electron chi connectivity index (χ3n) is 3.22. The van der Waals surface area contributed by atoms with E-state index in [4.69, 9.17) is 16.9 Å². The zero-order valence-electron chi connectivity index (χ0n) is 13.9. The van der Waals surface area contributed by atoms with Crippen LogP contribution in [0.5, 0.6) is 0 Å². The number of thioether (sulfide) groups is 1. The van der Waals surface area contributed by atoms with Crippen LogP contribution in [0.4, 0.5) is 5.69 Å². The lowest BCUT2D eigenvalue weighted by molar-refractivity contribution is -0.113. The highest BCUT2D eigenvalue weighted by atomic mass is 35.5. The van der Waals surface area contributed by atoms with Crippen LogP contribution in [0.3, 0.4) is 0 Å². The van der Waals surface area contributed by atoms with Gasteiger partial charge in [0.2, 0.25) is 15.9 Å². The van der Waals surface area contributed by atoms with Gasteiger partial charge in [-0.2, -0.15) is 5.26 Å². The zero-order valence-corrected chi connectivity index (χ0v) is 16.3. The molecule has 1 heterocycles. The molecule has 0 radical (unpaired) electrons. The van der Waals surface area contributed by atoms with Crippen LogP contribution in [-0.4, -0.2) is 43.5 Å². The molecule has 0 spiro atoms. The number of benzene rings is 1. The number of nitrogens with one attached hydrogen (secondary N) is 1. The van der Waals surface area contributed by atoms with Crippen molar-refractivity contribution in [2.75, 3.05) is 25.2 Å². The number of hydrogen-bond donors (Lipinski definition) is 1. The summed E-state index contributed by atoms with van der Waals surface area (Å²) in [6.45, 7) is 0. The van der Waals surface area contributed by atoms with Crippen LogP contribution in [0.25, 0.3) is 0 Å². The van der Waals surface area contributed by atoms with Crippen LogP contribution in [0.2, 0.25) is 5.02 Å². The molecular weight excluding hydrogens is 396 g/mol. The van der Waals surface area contributed by atoms with E-state index in [9.17, 15) is 13.2 Å². The van der Waals surface area contributed by atoms with Crippen molar-refractivity contribution in [3.05, 3.63) is 47.1 Å². The Morgan fingerprint density at radius 3 is 2.65 bits per heavy atom. The summed E-state index contributed by atoms with van der Waals surface area (Å²) in [6, 6.07) is 9.55. The van der Waals surface area contributed by atoms with Gasteiger partial charge < -0.3 is 5.32 Å². The van der Waals surface area contributed by atoms with E-state index in [0.29, 0.717) is 21.3 Å². The third kappa shape index (κ3) is 4.95. The highest BCUT2D eigenvalue weighted by molar-refractivity contribution is 7.99. The molecule has 0 unspecified atom stereocenters. The standard InChI is InChI=1S/C16H15ClN4O3S2/c1-21(2)26(23,24)13-5-6-16(19-9-13)25-10-15(22)20-14-7-12(17)4-3-11(14)8-18/h3-7,9H,10H2,1-2H3,(H,20,22). The van der Waals surface area contributed by atoms with Gasteiger partial charge >= 0.3 is 0 Å².